The minimum Gasteiger partial charge on any atom is -0.385 e. The van der Waals surface area contributed by atoms with E-state index < -0.39 is 0 Å². The molecule has 102 valence electrons. The van der Waals surface area contributed by atoms with Gasteiger partial charge in [0.2, 0.25) is 5.95 Å². The van der Waals surface area contributed by atoms with Gasteiger partial charge in [-0.1, -0.05) is 0 Å². The second-order valence-corrected chi connectivity index (χ2v) is 5.06. The molecule has 0 radical (unpaired) electrons. The summed E-state index contributed by atoms with van der Waals surface area (Å²) in [5.41, 5.74) is 6.83. The number of nitrogens with two attached hydrogens (primary N) is 1. The van der Waals surface area contributed by atoms with Crippen molar-refractivity contribution in [3.8, 4) is 0 Å². The zero-order valence-electron chi connectivity index (χ0n) is 11.4. The Bertz CT molecular complexity index is 377. The molecule has 5 heteroatoms. The summed E-state index contributed by atoms with van der Waals surface area (Å²) < 4.78 is 7.35. The van der Waals surface area contributed by atoms with Gasteiger partial charge in [0.05, 0.1) is 5.69 Å². The standard InChI is InChI=1S/C13H24N4O/c1-11-9-16(5-3-7-18-2)13(15-11)17-6-4-12(8-14)10-17/h9,12H,3-8,10,14H2,1-2H3. The number of methoxy groups -OCH3 is 1. The average Bonchev–Trinajstić information content (AvgIpc) is 2.96. The lowest BCUT2D eigenvalue weighted by atomic mass is 10.1. The number of imidazole rings is 1. The Morgan fingerprint density at radius 2 is 2.39 bits per heavy atom. The topological polar surface area (TPSA) is 56.3 Å². The zero-order valence-corrected chi connectivity index (χ0v) is 11.4. The first-order valence-corrected chi connectivity index (χ1v) is 6.72. The van der Waals surface area contributed by atoms with Gasteiger partial charge in [-0.05, 0) is 32.2 Å². The quantitative estimate of drug-likeness (QED) is 0.768. The van der Waals surface area contributed by atoms with E-state index in [1.807, 2.05) is 6.92 Å². The maximum absolute atomic E-state index is 5.75. The van der Waals surface area contributed by atoms with E-state index >= 15 is 0 Å². The van der Waals surface area contributed by atoms with E-state index in [2.05, 4.69) is 20.6 Å². The van der Waals surface area contributed by atoms with Gasteiger partial charge >= 0.3 is 0 Å². The second-order valence-electron chi connectivity index (χ2n) is 5.06. The van der Waals surface area contributed by atoms with Gasteiger partial charge in [-0.15, -0.1) is 0 Å². The van der Waals surface area contributed by atoms with Crippen molar-refractivity contribution in [3.05, 3.63) is 11.9 Å². The minimum absolute atomic E-state index is 0.620. The monoisotopic (exact) mass is 252 g/mol. The van der Waals surface area contributed by atoms with E-state index in [1.54, 1.807) is 7.11 Å². The van der Waals surface area contributed by atoms with Crippen molar-refractivity contribution in [2.75, 3.05) is 38.3 Å². The molecule has 5 nitrogen and oxygen atoms in total. The van der Waals surface area contributed by atoms with Crippen molar-refractivity contribution >= 4 is 5.95 Å². The molecule has 2 N–H and O–H groups in total. The van der Waals surface area contributed by atoms with E-state index in [4.69, 9.17) is 10.5 Å². The molecule has 18 heavy (non-hydrogen) atoms. The Kier molecular flexibility index (Phi) is 4.60. The molecule has 0 aromatic carbocycles. The number of rotatable bonds is 6. The molecule has 1 aromatic rings. The molecule has 1 aromatic heterocycles. The van der Waals surface area contributed by atoms with Crippen LogP contribution >= 0.6 is 0 Å². The van der Waals surface area contributed by atoms with E-state index in [9.17, 15) is 0 Å². The Morgan fingerprint density at radius 1 is 1.56 bits per heavy atom. The molecule has 0 aliphatic carbocycles. The van der Waals surface area contributed by atoms with Crippen LogP contribution in [0.1, 0.15) is 18.5 Å². The number of aromatic nitrogens is 2. The van der Waals surface area contributed by atoms with Gasteiger partial charge in [0.1, 0.15) is 0 Å². The summed E-state index contributed by atoms with van der Waals surface area (Å²) in [6.07, 6.45) is 4.33. The fourth-order valence-electron chi connectivity index (χ4n) is 2.54. The molecule has 1 unspecified atom stereocenters. The summed E-state index contributed by atoms with van der Waals surface area (Å²) in [5.74, 6) is 1.72. The molecule has 1 atom stereocenters. The van der Waals surface area contributed by atoms with E-state index in [-0.39, 0.29) is 0 Å². The highest BCUT2D eigenvalue weighted by Crippen LogP contribution is 2.23. The van der Waals surface area contributed by atoms with Crippen LogP contribution in [0.3, 0.4) is 0 Å². The summed E-state index contributed by atoms with van der Waals surface area (Å²) in [7, 11) is 1.74. The van der Waals surface area contributed by atoms with Crippen LogP contribution in [0.15, 0.2) is 6.20 Å². The number of anilines is 1. The van der Waals surface area contributed by atoms with Gasteiger partial charge in [0, 0.05) is 39.5 Å². The normalized spacial score (nSPS) is 19.7. The van der Waals surface area contributed by atoms with E-state index in [0.717, 1.165) is 50.8 Å². The molecule has 0 bridgehead atoms. The average molecular weight is 252 g/mol. The van der Waals surface area contributed by atoms with Crippen LogP contribution in [0.4, 0.5) is 5.95 Å². The van der Waals surface area contributed by atoms with E-state index in [0.29, 0.717) is 5.92 Å². The number of aryl methyl sites for hydroxylation is 2. The molecular formula is C13H24N4O. The molecule has 2 heterocycles. The molecule has 1 fully saturated rings. The van der Waals surface area contributed by atoms with Crippen LogP contribution < -0.4 is 10.6 Å². The Morgan fingerprint density at radius 3 is 3.06 bits per heavy atom. The summed E-state index contributed by atoms with van der Waals surface area (Å²) >= 11 is 0. The Hall–Kier alpha value is -1.07. The molecular weight excluding hydrogens is 228 g/mol. The van der Waals surface area contributed by atoms with Crippen LogP contribution in [0.2, 0.25) is 0 Å². The zero-order chi connectivity index (χ0) is 13.0. The van der Waals surface area contributed by atoms with Crippen LogP contribution in [0.5, 0.6) is 0 Å². The van der Waals surface area contributed by atoms with Crippen molar-refractivity contribution in [2.45, 2.75) is 26.3 Å². The van der Waals surface area contributed by atoms with Crippen LogP contribution in [-0.2, 0) is 11.3 Å². The SMILES string of the molecule is COCCCn1cc(C)nc1N1CCC(CN)C1. The lowest BCUT2D eigenvalue weighted by Gasteiger charge is -2.19. The molecule has 2 rings (SSSR count). The van der Waals surface area contributed by atoms with Crippen molar-refractivity contribution in [3.63, 3.8) is 0 Å². The van der Waals surface area contributed by atoms with Crippen LogP contribution in [0, 0.1) is 12.8 Å². The van der Waals surface area contributed by atoms with Crippen molar-refractivity contribution < 1.29 is 4.74 Å². The number of hydrogen-bond acceptors (Lipinski definition) is 4. The smallest absolute Gasteiger partial charge is 0.205 e. The third-order valence-electron chi connectivity index (χ3n) is 3.53. The predicted molar refractivity (Wildman–Crippen MR) is 72.8 cm³/mol. The van der Waals surface area contributed by atoms with Gasteiger partial charge in [-0.2, -0.15) is 0 Å². The minimum atomic E-state index is 0.620. The third kappa shape index (κ3) is 3.03. The predicted octanol–water partition coefficient (Wildman–Crippen LogP) is 1.01. The lowest BCUT2D eigenvalue weighted by Crippen LogP contribution is -2.25. The summed E-state index contributed by atoms with van der Waals surface area (Å²) in [6, 6.07) is 0. The maximum Gasteiger partial charge on any atom is 0.205 e. The number of ether oxygens (including phenoxy) is 1. The van der Waals surface area contributed by atoms with Gasteiger partial charge in [-0.3, -0.25) is 0 Å². The highest BCUT2D eigenvalue weighted by atomic mass is 16.5. The van der Waals surface area contributed by atoms with Gasteiger partial charge < -0.3 is 19.9 Å². The molecule has 0 spiro atoms. The van der Waals surface area contributed by atoms with E-state index in [1.165, 1.54) is 6.42 Å². The van der Waals surface area contributed by atoms with Gasteiger partial charge in [-0.25, -0.2) is 4.98 Å². The molecule has 1 aliphatic rings. The van der Waals surface area contributed by atoms with Gasteiger partial charge in [0.15, 0.2) is 0 Å². The molecule has 0 saturated carbocycles. The third-order valence-corrected chi connectivity index (χ3v) is 3.53. The second kappa shape index (κ2) is 6.20. The first kappa shape index (κ1) is 13.4. The van der Waals surface area contributed by atoms with Crippen molar-refractivity contribution in [1.82, 2.24) is 9.55 Å². The Balaban J connectivity index is 2.02. The first-order chi connectivity index (χ1) is 8.74. The fraction of sp³-hybridized carbons (Fsp3) is 0.769. The highest BCUT2D eigenvalue weighted by molar-refractivity contribution is 5.35. The number of hydrogen-bond donors (Lipinski definition) is 1. The summed E-state index contributed by atoms with van der Waals surface area (Å²) in [5, 5.41) is 0. The Labute approximate surface area is 109 Å². The van der Waals surface area contributed by atoms with Crippen LogP contribution in [0.25, 0.3) is 0 Å². The largest absolute Gasteiger partial charge is 0.385 e. The van der Waals surface area contributed by atoms with Gasteiger partial charge in [0.25, 0.3) is 0 Å². The summed E-state index contributed by atoms with van der Waals surface area (Å²) in [4.78, 5) is 7.01. The van der Waals surface area contributed by atoms with Crippen molar-refractivity contribution in [2.24, 2.45) is 11.7 Å². The van der Waals surface area contributed by atoms with Crippen LogP contribution in [-0.4, -0.2) is 42.9 Å². The van der Waals surface area contributed by atoms with Crippen molar-refractivity contribution in [1.29, 1.82) is 0 Å². The molecule has 1 aliphatic heterocycles. The first-order valence-electron chi connectivity index (χ1n) is 6.72. The maximum atomic E-state index is 5.75. The fourth-order valence-corrected chi connectivity index (χ4v) is 2.54. The molecule has 1 saturated heterocycles. The summed E-state index contributed by atoms with van der Waals surface area (Å²) in [6.45, 7) is 6.70. The lowest BCUT2D eigenvalue weighted by molar-refractivity contribution is 0.190. The number of nitrogens with zero attached hydrogens (tertiary/aromatic N) is 3. The molecule has 0 amide bonds. The highest BCUT2D eigenvalue weighted by Gasteiger charge is 2.24.